The van der Waals surface area contributed by atoms with Gasteiger partial charge in [0.1, 0.15) is 0 Å². The lowest BCUT2D eigenvalue weighted by molar-refractivity contribution is 0.0621. The van der Waals surface area contributed by atoms with Crippen molar-refractivity contribution in [1.29, 1.82) is 0 Å². The monoisotopic (exact) mass is 292 g/mol. The minimum absolute atomic E-state index is 0.286. The molecule has 1 aromatic heterocycles. The minimum Gasteiger partial charge on any atom is -0.381 e. The second-order valence-electron chi connectivity index (χ2n) is 5.89. The largest absolute Gasteiger partial charge is 0.381 e. The molecule has 0 saturated carbocycles. The third kappa shape index (κ3) is 3.53. The van der Waals surface area contributed by atoms with Crippen LogP contribution in [-0.2, 0) is 4.74 Å². The molecule has 0 radical (unpaired) electrons. The number of hydrogen-bond donors (Lipinski definition) is 2. The first kappa shape index (κ1) is 14.3. The highest BCUT2D eigenvalue weighted by Crippen LogP contribution is 2.22. The van der Waals surface area contributed by atoms with Gasteiger partial charge in [0.2, 0.25) is 17.8 Å². The second-order valence-corrected chi connectivity index (χ2v) is 5.89. The lowest BCUT2D eigenvalue weighted by Crippen LogP contribution is -2.32. The fourth-order valence-corrected chi connectivity index (χ4v) is 3.04. The van der Waals surface area contributed by atoms with Gasteiger partial charge < -0.3 is 20.7 Å². The van der Waals surface area contributed by atoms with Crippen LogP contribution in [0.1, 0.15) is 32.6 Å². The number of nitrogens with one attached hydrogen (secondary N) is 1. The average Bonchev–Trinajstić information content (AvgIpc) is 3.02. The van der Waals surface area contributed by atoms with Gasteiger partial charge in [0, 0.05) is 32.3 Å². The summed E-state index contributed by atoms with van der Waals surface area (Å²) in [7, 11) is 0. The first-order chi connectivity index (χ1) is 10.2. The number of rotatable bonds is 4. The molecule has 2 aliphatic heterocycles. The average molecular weight is 292 g/mol. The summed E-state index contributed by atoms with van der Waals surface area (Å²) in [6.07, 6.45) is 4.53. The second kappa shape index (κ2) is 6.43. The molecule has 0 amide bonds. The number of nitrogens with two attached hydrogens (primary N) is 1. The van der Waals surface area contributed by atoms with E-state index < -0.39 is 0 Å². The molecule has 21 heavy (non-hydrogen) atoms. The Bertz CT molecular complexity index is 471. The molecule has 0 spiro atoms. The van der Waals surface area contributed by atoms with E-state index in [1.165, 1.54) is 12.8 Å². The Morgan fingerprint density at radius 2 is 1.90 bits per heavy atom. The van der Waals surface area contributed by atoms with Gasteiger partial charge in [-0.05, 0) is 38.5 Å². The van der Waals surface area contributed by atoms with Crippen molar-refractivity contribution in [3.63, 3.8) is 0 Å². The van der Waals surface area contributed by atoms with Crippen molar-refractivity contribution in [2.45, 2.75) is 38.6 Å². The minimum atomic E-state index is 0.286. The summed E-state index contributed by atoms with van der Waals surface area (Å²) in [5.74, 6) is 2.16. The molecule has 3 N–H and O–H groups in total. The molecule has 0 aliphatic carbocycles. The van der Waals surface area contributed by atoms with Crippen molar-refractivity contribution in [2.24, 2.45) is 5.92 Å². The molecule has 116 valence electrons. The zero-order valence-electron chi connectivity index (χ0n) is 12.6. The van der Waals surface area contributed by atoms with E-state index in [1.807, 2.05) is 0 Å². The first-order valence-corrected chi connectivity index (χ1v) is 7.83. The van der Waals surface area contributed by atoms with Crippen LogP contribution < -0.4 is 16.0 Å². The number of nitrogen functional groups attached to an aromatic ring is 1. The SMILES string of the molecule is CC(Nc1nc(N)nc(N2CCCC2)n1)C1CCOCC1. The van der Waals surface area contributed by atoms with E-state index in [0.29, 0.717) is 23.9 Å². The summed E-state index contributed by atoms with van der Waals surface area (Å²) >= 11 is 0. The fourth-order valence-electron chi connectivity index (χ4n) is 3.04. The molecule has 3 heterocycles. The third-order valence-corrected chi connectivity index (χ3v) is 4.36. The Kier molecular flexibility index (Phi) is 4.38. The molecule has 2 saturated heterocycles. The van der Waals surface area contributed by atoms with Crippen molar-refractivity contribution >= 4 is 17.8 Å². The van der Waals surface area contributed by atoms with E-state index in [2.05, 4.69) is 32.1 Å². The smallest absolute Gasteiger partial charge is 0.231 e. The Balaban J connectivity index is 1.69. The molecular weight excluding hydrogens is 268 g/mol. The molecule has 2 aliphatic rings. The number of hydrogen-bond acceptors (Lipinski definition) is 7. The molecule has 0 aromatic carbocycles. The number of nitrogens with zero attached hydrogens (tertiary/aromatic N) is 4. The highest BCUT2D eigenvalue weighted by molar-refractivity contribution is 5.42. The van der Waals surface area contributed by atoms with Crippen LogP contribution in [0.25, 0.3) is 0 Å². The van der Waals surface area contributed by atoms with Crippen LogP contribution in [-0.4, -0.2) is 47.3 Å². The molecule has 1 atom stereocenters. The first-order valence-electron chi connectivity index (χ1n) is 7.83. The Labute approximate surface area is 125 Å². The summed E-state index contributed by atoms with van der Waals surface area (Å²) < 4.78 is 5.41. The standard InChI is InChI=1S/C14H24N6O/c1-10(11-4-8-21-9-5-11)16-13-17-12(15)18-14(19-13)20-6-2-3-7-20/h10-11H,2-9H2,1H3,(H3,15,16,17,18,19). The van der Waals surface area contributed by atoms with Gasteiger partial charge in [-0.15, -0.1) is 0 Å². The summed E-state index contributed by atoms with van der Waals surface area (Å²) in [5.41, 5.74) is 5.83. The third-order valence-electron chi connectivity index (χ3n) is 4.36. The van der Waals surface area contributed by atoms with Crippen LogP contribution in [0.5, 0.6) is 0 Å². The van der Waals surface area contributed by atoms with E-state index in [0.717, 1.165) is 39.1 Å². The summed E-state index contributed by atoms with van der Waals surface area (Å²) in [4.78, 5) is 15.2. The predicted molar refractivity (Wildman–Crippen MR) is 82.3 cm³/mol. The van der Waals surface area contributed by atoms with E-state index in [9.17, 15) is 0 Å². The van der Waals surface area contributed by atoms with Crippen LogP contribution in [0.2, 0.25) is 0 Å². The topological polar surface area (TPSA) is 89.2 Å². The van der Waals surface area contributed by atoms with Crippen molar-refractivity contribution in [1.82, 2.24) is 15.0 Å². The van der Waals surface area contributed by atoms with Crippen LogP contribution >= 0.6 is 0 Å². The highest BCUT2D eigenvalue weighted by Gasteiger charge is 2.22. The van der Waals surface area contributed by atoms with E-state index in [-0.39, 0.29) is 5.95 Å². The Morgan fingerprint density at radius 1 is 1.19 bits per heavy atom. The summed E-state index contributed by atoms with van der Waals surface area (Å²) in [6.45, 7) is 5.85. The molecule has 2 fully saturated rings. The molecule has 3 rings (SSSR count). The molecular formula is C14H24N6O. The normalized spacial score (nSPS) is 21.5. The van der Waals surface area contributed by atoms with E-state index in [1.54, 1.807) is 0 Å². The quantitative estimate of drug-likeness (QED) is 0.864. The maximum absolute atomic E-state index is 5.83. The van der Waals surface area contributed by atoms with Gasteiger partial charge in [-0.3, -0.25) is 0 Å². The summed E-state index contributed by atoms with van der Waals surface area (Å²) in [6, 6.07) is 0.308. The number of ether oxygens (including phenoxy) is 1. The lowest BCUT2D eigenvalue weighted by atomic mass is 9.93. The lowest BCUT2D eigenvalue weighted by Gasteiger charge is -2.28. The fraction of sp³-hybridized carbons (Fsp3) is 0.786. The highest BCUT2D eigenvalue weighted by atomic mass is 16.5. The van der Waals surface area contributed by atoms with Crippen LogP contribution in [0.15, 0.2) is 0 Å². The molecule has 0 bridgehead atoms. The maximum atomic E-state index is 5.83. The molecule has 7 nitrogen and oxygen atoms in total. The zero-order chi connectivity index (χ0) is 14.7. The number of aromatic nitrogens is 3. The molecule has 1 unspecified atom stereocenters. The van der Waals surface area contributed by atoms with Crippen LogP contribution in [0.3, 0.4) is 0 Å². The molecule has 1 aromatic rings. The molecule has 7 heteroatoms. The summed E-state index contributed by atoms with van der Waals surface area (Å²) in [5, 5.41) is 3.39. The van der Waals surface area contributed by atoms with Crippen molar-refractivity contribution in [2.75, 3.05) is 42.3 Å². The van der Waals surface area contributed by atoms with Gasteiger partial charge >= 0.3 is 0 Å². The zero-order valence-corrected chi connectivity index (χ0v) is 12.6. The number of anilines is 3. The maximum Gasteiger partial charge on any atom is 0.231 e. The van der Waals surface area contributed by atoms with Crippen LogP contribution in [0.4, 0.5) is 17.8 Å². The Morgan fingerprint density at radius 3 is 2.62 bits per heavy atom. The van der Waals surface area contributed by atoms with Crippen molar-refractivity contribution < 1.29 is 4.74 Å². The van der Waals surface area contributed by atoms with Gasteiger partial charge in [-0.25, -0.2) is 0 Å². The van der Waals surface area contributed by atoms with Gasteiger partial charge in [0.05, 0.1) is 0 Å². The van der Waals surface area contributed by atoms with Gasteiger partial charge in [0.25, 0.3) is 0 Å². The van der Waals surface area contributed by atoms with Crippen LogP contribution in [0, 0.1) is 5.92 Å². The van der Waals surface area contributed by atoms with E-state index in [4.69, 9.17) is 10.5 Å². The van der Waals surface area contributed by atoms with Gasteiger partial charge in [-0.1, -0.05) is 0 Å². The van der Waals surface area contributed by atoms with Crippen molar-refractivity contribution in [3.05, 3.63) is 0 Å². The van der Waals surface area contributed by atoms with Gasteiger partial charge in [0.15, 0.2) is 0 Å². The van der Waals surface area contributed by atoms with Crippen molar-refractivity contribution in [3.8, 4) is 0 Å². The predicted octanol–water partition coefficient (Wildman–Crippen LogP) is 1.28. The van der Waals surface area contributed by atoms with Gasteiger partial charge in [-0.2, -0.15) is 15.0 Å². The Hall–Kier alpha value is -1.63. The van der Waals surface area contributed by atoms with E-state index >= 15 is 0 Å².